The number of thioether (sulfide) groups is 1. The highest BCUT2D eigenvalue weighted by atomic mass is 32.2. The molecule has 1 aliphatic rings. The number of imidazole rings is 1. The number of nitrogens with one attached hydrogen (secondary N) is 3. The molecule has 1 aromatic carbocycles. The Balaban J connectivity index is 1.35. The van der Waals surface area contributed by atoms with E-state index < -0.39 is 6.09 Å². The quantitative estimate of drug-likeness (QED) is 0.330. The van der Waals surface area contributed by atoms with Crippen LogP contribution in [0.25, 0.3) is 11.0 Å². The zero-order valence-electron chi connectivity index (χ0n) is 19.8. The SMILES string of the molecule is COc1ccc(NC(=O)CSc2nc3c(C)c(C#N)ncc3[nH]2)cc1O[C@H]1CC[C@H](NC(=O)O)CC1. The average Bonchev–Trinajstić information content (AvgIpc) is 3.28. The summed E-state index contributed by atoms with van der Waals surface area (Å²) in [6.07, 6.45) is 3.30. The van der Waals surface area contributed by atoms with E-state index in [1.807, 2.05) is 6.07 Å². The number of pyridine rings is 1. The summed E-state index contributed by atoms with van der Waals surface area (Å²) in [5.74, 6) is 0.979. The van der Waals surface area contributed by atoms with E-state index in [4.69, 9.17) is 19.8 Å². The van der Waals surface area contributed by atoms with Crippen molar-refractivity contribution in [3.63, 3.8) is 0 Å². The molecule has 188 valence electrons. The van der Waals surface area contributed by atoms with Gasteiger partial charge in [0.05, 0.1) is 36.2 Å². The molecular weight excluding hydrogens is 484 g/mol. The predicted molar refractivity (Wildman–Crippen MR) is 134 cm³/mol. The average molecular weight is 511 g/mol. The highest BCUT2D eigenvalue weighted by molar-refractivity contribution is 7.99. The first-order chi connectivity index (χ1) is 17.4. The molecule has 1 fully saturated rings. The number of aryl methyl sites for hydroxylation is 1. The molecule has 0 bridgehead atoms. The first kappa shape index (κ1) is 25.1. The smallest absolute Gasteiger partial charge is 0.404 e. The third-order valence-electron chi connectivity index (χ3n) is 5.93. The Labute approximate surface area is 211 Å². The second-order valence-electron chi connectivity index (χ2n) is 8.39. The van der Waals surface area contributed by atoms with Gasteiger partial charge in [0, 0.05) is 23.4 Å². The molecule has 3 aromatic rings. The van der Waals surface area contributed by atoms with Crippen LogP contribution in [0.3, 0.4) is 0 Å². The van der Waals surface area contributed by atoms with Crippen LogP contribution < -0.4 is 20.1 Å². The minimum Gasteiger partial charge on any atom is -0.493 e. The van der Waals surface area contributed by atoms with Gasteiger partial charge in [-0.25, -0.2) is 14.8 Å². The van der Waals surface area contributed by atoms with Crippen molar-refractivity contribution in [3.8, 4) is 17.6 Å². The Morgan fingerprint density at radius 1 is 1.28 bits per heavy atom. The number of methoxy groups -OCH3 is 1. The van der Waals surface area contributed by atoms with Gasteiger partial charge in [0.25, 0.3) is 0 Å². The van der Waals surface area contributed by atoms with Crippen molar-refractivity contribution in [2.75, 3.05) is 18.2 Å². The lowest BCUT2D eigenvalue weighted by Gasteiger charge is -2.29. The van der Waals surface area contributed by atoms with Gasteiger partial charge in [-0.1, -0.05) is 11.8 Å². The van der Waals surface area contributed by atoms with Crippen LogP contribution in [0, 0.1) is 18.3 Å². The molecule has 2 amide bonds. The topological polar surface area (TPSA) is 162 Å². The number of rotatable bonds is 8. The fourth-order valence-electron chi connectivity index (χ4n) is 4.12. The zero-order chi connectivity index (χ0) is 25.7. The molecule has 0 aliphatic heterocycles. The van der Waals surface area contributed by atoms with E-state index in [0.29, 0.717) is 70.3 Å². The van der Waals surface area contributed by atoms with Gasteiger partial charge >= 0.3 is 6.09 Å². The predicted octanol–water partition coefficient (Wildman–Crippen LogP) is 3.84. The zero-order valence-corrected chi connectivity index (χ0v) is 20.6. The molecule has 4 rings (SSSR count). The Bertz CT molecular complexity index is 1310. The number of benzene rings is 1. The Morgan fingerprint density at radius 3 is 2.75 bits per heavy atom. The maximum atomic E-state index is 12.6. The van der Waals surface area contributed by atoms with E-state index in [1.54, 1.807) is 38.4 Å². The number of nitrogens with zero attached hydrogens (tertiary/aromatic N) is 3. The second-order valence-corrected chi connectivity index (χ2v) is 9.36. The molecule has 0 saturated heterocycles. The summed E-state index contributed by atoms with van der Waals surface area (Å²) in [6, 6.07) is 7.18. The van der Waals surface area contributed by atoms with Crippen LogP contribution in [-0.2, 0) is 4.79 Å². The summed E-state index contributed by atoms with van der Waals surface area (Å²) in [5, 5.41) is 24.0. The van der Waals surface area contributed by atoms with Crippen molar-refractivity contribution in [1.82, 2.24) is 20.3 Å². The van der Waals surface area contributed by atoms with E-state index in [9.17, 15) is 9.59 Å². The summed E-state index contributed by atoms with van der Waals surface area (Å²) in [5.41, 5.74) is 2.96. The van der Waals surface area contributed by atoms with Gasteiger partial charge in [0.1, 0.15) is 11.8 Å². The lowest BCUT2D eigenvalue weighted by molar-refractivity contribution is -0.113. The molecule has 2 heterocycles. The van der Waals surface area contributed by atoms with Gasteiger partial charge in [0.2, 0.25) is 5.91 Å². The summed E-state index contributed by atoms with van der Waals surface area (Å²) >= 11 is 1.25. The largest absolute Gasteiger partial charge is 0.493 e. The number of nitriles is 1. The molecule has 2 aromatic heterocycles. The number of hydrogen-bond acceptors (Lipinski definition) is 8. The van der Waals surface area contributed by atoms with Crippen molar-refractivity contribution >= 4 is 40.5 Å². The van der Waals surface area contributed by atoms with Crippen molar-refractivity contribution in [2.45, 2.75) is 49.9 Å². The molecule has 1 aliphatic carbocycles. The number of carboxylic acid groups (broad SMARTS) is 1. The monoisotopic (exact) mass is 510 g/mol. The molecule has 12 heteroatoms. The van der Waals surface area contributed by atoms with Gasteiger partial charge in [-0.15, -0.1) is 0 Å². The summed E-state index contributed by atoms with van der Waals surface area (Å²) in [6.45, 7) is 1.79. The molecule has 0 unspecified atom stereocenters. The van der Waals surface area contributed by atoms with E-state index in [0.717, 1.165) is 0 Å². The van der Waals surface area contributed by atoms with E-state index >= 15 is 0 Å². The highest BCUT2D eigenvalue weighted by Crippen LogP contribution is 2.34. The molecule has 0 atom stereocenters. The second kappa shape index (κ2) is 11.2. The third-order valence-corrected chi connectivity index (χ3v) is 6.81. The maximum Gasteiger partial charge on any atom is 0.404 e. The number of amides is 2. The summed E-state index contributed by atoms with van der Waals surface area (Å²) in [7, 11) is 1.55. The number of H-pyrrole nitrogens is 1. The minimum absolute atomic E-state index is 0.0623. The fourth-order valence-corrected chi connectivity index (χ4v) is 4.80. The fraction of sp³-hybridized carbons (Fsp3) is 0.375. The van der Waals surface area contributed by atoms with Gasteiger partial charge in [-0.3, -0.25) is 4.79 Å². The lowest BCUT2D eigenvalue weighted by Crippen LogP contribution is -2.38. The maximum absolute atomic E-state index is 12.6. The molecule has 0 spiro atoms. The molecule has 0 radical (unpaired) electrons. The summed E-state index contributed by atoms with van der Waals surface area (Å²) in [4.78, 5) is 35.1. The molecule has 1 saturated carbocycles. The number of hydrogen-bond donors (Lipinski definition) is 4. The number of aromatic amines is 1. The number of carbonyl (C=O) groups is 2. The van der Waals surface area contributed by atoms with Crippen LogP contribution in [0.4, 0.5) is 10.5 Å². The van der Waals surface area contributed by atoms with Crippen LogP contribution in [0.5, 0.6) is 11.5 Å². The van der Waals surface area contributed by atoms with Crippen molar-refractivity contribution < 1.29 is 24.2 Å². The number of fused-ring (bicyclic) bond motifs is 1. The summed E-state index contributed by atoms with van der Waals surface area (Å²) < 4.78 is 11.6. The van der Waals surface area contributed by atoms with Crippen LogP contribution in [0.1, 0.15) is 36.9 Å². The lowest BCUT2D eigenvalue weighted by atomic mass is 9.93. The Kier molecular flexibility index (Phi) is 7.80. The number of anilines is 1. The standard InChI is InChI=1S/C24H26N6O5S/c1-13-17(10-25)26-11-18-22(13)30-23(29-18)36-12-21(31)27-15-5-8-19(34-2)20(9-15)35-16-6-3-14(4-7-16)28-24(32)33/h5,8-9,11,14,16,28H,3-4,6-7,12H2,1-2H3,(H,27,31)(H,29,30)(H,32,33)/t14-,16-. The molecule has 4 N–H and O–H groups in total. The number of carbonyl (C=O) groups excluding carboxylic acids is 1. The van der Waals surface area contributed by atoms with Crippen LogP contribution in [0.2, 0.25) is 0 Å². The Morgan fingerprint density at radius 2 is 2.06 bits per heavy atom. The van der Waals surface area contributed by atoms with Gasteiger partial charge in [-0.2, -0.15) is 5.26 Å². The molecular formula is C24H26N6O5S. The molecule has 36 heavy (non-hydrogen) atoms. The minimum atomic E-state index is -1.01. The number of aromatic nitrogens is 3. The van der Waals surface area contributed by atoms with E-state index in [1.165, 1.54) is 11.8 Å². The van der Waals surface area contributed by atoms with Crippen molar-refractivity contribution in [1.29, 1.82) is 5.26 Å². The molecule has 11 nitrogen and oxygen atoms in total. The van der Waals surface area contributed by atoms with Gasteiger partial charge in [-0.05, 0) is 44.7 Å². The van der Waals surface area contributed by atoms with Crippen LogP contribution in [0.15, 0.2) is 29.6 Å². The van der Waals surface area contributed by atoms with Crippen LogP contribution >= 0.6 is 11.8 Å². The Hall–Kier alpha value is -3.98. The van der Waals surface area contributed by atoms with Gasteiger partial charge in [0.15, 0.2) is 16.7 Å². The third kappa shape index (κ3) is 5.98. The van der Waals surface area contributed by atoms with Gasteiger partial charge < -0.3 is 30.2 Å². The van der Waals surface area contributed by atoms with E-state index in [2.05, 4.69) is 25.6 Å². The normalized spacial score (nSPS) is 17.2. The van der Waals surface area contributed by atoms with Crippen molar-refractivity contribution in [2.24, 2.45) is 0 Å². The first-order valence-electron chi connectivity index (χ1n) is 11.4. The number of ether oxygens (including phenoxy) is 2. The first-order valence-corrected chi connectivity index (χ1v) is 12.4. The van der Waals surface area contributed by atoms with E-state index in [-0.39, 0.29) is 23.8 Å². The van der Waals surface area contributed by atoms with Crippen LogP contribution in [-0.4, -0.2) is 57.1 Å². The highest BCUT2D eigenvalue weighted by Gasteiger charge is 2.24. The van der Waals surface area contributed by atoms with Crippen molar-refractivity contribution in [3.05, 3.63) is 35.7 Å².